The minimum Gasteiger partial charge on any atom is -1.00 e. The van der Waals surface area contributed by atoms with Gasteiger partial charge in [0.25, 0.3) is 0 Å². The summed E-state index contributed by atoms with van der Waals surface area (Å²) < 4.78 is 65.9. The molecule has 0 N–H and O–H groups in total. The van der Waals surface area contributed by atoms with Crippen LogP contribution in [0.4, 0.5) is 22.0 Å². The number of rotatable bonds is 1. The first-order valence-electron chi connectivity index (χ1n) is 5.06. The summed E-state index contributed by atoms with van der Waals surface area (Å²) >= 11 is 0. The molecule has 0 fully saturated rings. The van der Waals surface area contributed by atoms with Crippen molar-refractivity contribution in [2.24, 2.45) is 14.1 Å². The van der Waals surface area contributed by atoms with Gasteiger partial charge in [0.15, 0.2) is 11.0 Å². The summed E-state index contributed by atoms with van der Waals surface area (Å²) in [4.78, 5) is 0. The number of halogens is 6. The van der Waals surface area contributed by atoms with E-state index < -0.39 is 17.9 Å². The van der Waals surface area contributed by atoms with Crippen LogP contribution < -0.4 is 17.0 Å². The molecule has 8 heteroatoms. The molecule has 2 nitrogen and oxygen atoms in total. The zero-order chi connectivity index (χ0) is 13.7. The van der Waals surface area contributed by atoms with Crippen LogP contribution in [-0.4, -0.2) is 10.7 Å². The Labute approximate surface area is 111 Å². The van der Waals surface area contributed by atoms with E-state index >= 15 is 0 Å². The van der Waals surface area contributed by atoms with Gasteiger partial charge in [0.2, 0.25) is 0 Å². The van der Waals surface area contributed by atoms with E-state index in [1.165, 1.54) is 26.2 Å². The van der Waals surface area contributed by atoms with Crippen LogP contribution in [0.5, 0.6) is 0 Å². The lowest BCUT2D eigenvalue weighted by atomic mass is 10.3. The molecule has 0 saturated carbocycles. The monoisotopic (exact) mass is 300 g/mol. The highest BCUT2D eigenvalue weighted by Gasteiger charge is 2.66. The van der Waals surface area contributed by atoms with Crippen molar-refractivity contribution >= 4 is 11.0 Å². The molecule has 0 unspecified atom stereocenters. The Morgan fingerprint density at radius 3 is 2.05 bits per heavy atom. The van der Waals surface area contributed by atoms with Gasteiger partial charge in [0, 0.05) is 0 Å². The Balaban J connectivity index is 0.00000180. The minimum absolute atomic E-state index is 0. The van der Waals surface area contributed by atoms with Crippen molar-refractivity contribution in [3.05, 3.63) is 30.1 Å². The summed E-state index contributed by atoms with van der Waals surface area (Å²) in [5, 5.41) is 0. The maximum absolute atomic E-state index is 13.5. The van der Waals surface area contributed by atoms with E-state index in [9.17, 15) is 22.0 Å². The predicted octanol–water partition coefficient (Wildman–Crippen LogP) is -0.339. The summed E-state index contributed by atoms with van der Waals surface area (Å²) in [6, 6.07) is 6.15. The number of imidazole rings is 1. The van der Waals surface area contributed by atoms with Gasteiger partial charge in [-0.05, 0) is 12.1 Å². The van der Waals surface area contributed by atoms with Gasteiger partial charge in [-0.3, -0.25) is 0 Å². The zero-order valence-electron chi connectivity index (χ0n) is 9.97. The average molecular weight is 301 g/mol. The number of hydrogen-bond donors (Lipinski definition) is 0. The maximum Gasteiger partial charge on any atom is 0.466 e. The fourth-order valence-corrected chi connectivity index (χ4v) is 2.03. The van der Waals surface area contributed by atoms with Crippen LogP contribution in [-0.2, 0) is 20.0 Å². The number of aromatic nitrogens is 2. The highest BCUT2D eigenvalue weighted by molar-refractivity contribution is 5.72. The third kappa shape index (κ3) is 2.16. The number of para-hydroxylation sites is 2. The molecule has 1 heterocycles. The fraction of sp³-hybridized carbons (Fsp3) is 0.364. The van der Waals surface area contributed by atoms with Crippen molar-refractivity contribution in [3.8, 4) is 0 Å². The molecule has 19 heavy (non-hydrogen) atoms. The molecule has 0 aliphatic heterocycles. The van der Waals surface area contributed by atoms with Gasteiger partial charge < -0.3 is 12.4 Å². The van der Waals surface area contributed by atoms with Crippen LogP contribution in [0, 0.1) is 0 Å². The first-order valence-corrected chi connectivity index (χ1v) is 5.06. The molecule has 0 atom stereocenters. The molecular formula is C11H10ClF5N2. The van der Waals surface area contributed by atoms with E-state index in [1.807, 2.05) is 0 Å². The van der Waals surface area contributed by atoms with Crippen molar-refractivity contribution < 1.29 is 38.9 Å². The molecule has 0 radical (unpaired) electrons. The van der Waals surface area contributed by atoms with Gasteiger partial charge in [-0.1, -0.05) is 12.1 Å². The second-order valence-corrected chi connectivity index (χ2v) is 4.00. The van der Waals surface area contributed by atoms with Gasteiger partial charge in [-0.15, -0.1) is 0 Å². The quantitative estimate of drug-likeness (QED) is 0.503. The summed E-state index contributed by atoms with van der Waals surface area (Å²) in [5.74, 6) is -5.98. The number of alkyl halides is 5. The maximum atomic E-state index is 13.5. The Hall–Kier alpha value is -1.37. The number of nitrogens with zero attached hydrogens (tertiary/aromatic N) is 2. The van der Waals surface area contributed by atoms with Crippen molar-refractivity contribution in [3.63, 3.8) is 0 Å². The Kier molecular flexibility index (Phi) is 3.82. The molecule has 0 amide bonds. The topological polar surface area (TPSA) is 8.81 Å². The van der Waals surface area contributed by atoms with E-state index in [4.69, 9.17) is 0 Å². The molecule has 0 aliphatic rings. The number of benzene rings is 1. The Morgan fingerprint density at radius 1 is 1.05 bits per heavy atom. The summed E-state index contributed by atoms with van der Waals surface area (Å²) in [5.41, 5.74) is 0.637. The first-order chi connectivity index (χ1) is 8.18. The van der Waals surface area contributed by atoms with E-state index in [0.29, 0.717) is 11.0 Å². The zero-order valence-corrected chi connectivity index (χ0v) is 10.7. The van der Waals surface area contributed by atoms with Gasteiger partial charge >= 0.3 is 17.9 Å². The van der Waals surface area contributed by atoms with E-state index in [2.05, 4.69) is 0 Å². The van der Waals surface area contributed by atoms with Crippen molar-refractivity contribution in [2.75, 3.05) is 0 Å². The SMILES string of the molecule is Cn1c(C(F)(F)C(F)(F)F)[n+](C)c2ccccc21.[Cl-]. The van der Waals surface area contributed by atoms with Crippen LogP contribution >= 0.6 is 0 Å². The Morgan fingerprint density at radius 2 is 1.58 bits per heavy atom. The molecule has 0 saturated heterocycles. The molecule has 0 bridgehead atoms. The van der Waals surface area contributed by atoms with Gasteiger partial charge in [0.1, 0.15) is 0 Å². The predicted molar refractivity (Wildman–Crippen MR) is 54.0 cm³/mol. The summed E-state index contributed by atoms with van der Waals surface area (Å²) in [6.07, 6.45) is -5.62. The number of aryl methyl sites for hydroxylation is 2. The van der Waals surface area contributed by atoms with Gasteiger partial charge in [-0.25, -0.2) is 9.13 Å². The van der Waals surface area contributed by atoms with Crippen LogP contribution in [0.3, 0.4) is 0 Å². The van der Waals surface area contributed by atoms with Gasteiger partial charge in [-0.2, -0.15) is 22.0 Å². The molecule has 2 rings (SSSR count). The third-order valence-electron chi connectivity index (χ3n) is 2.88. The van der Waals surface area contributed by atoms with E-state index in [1.54, 1.807) is 12.1 Å². The standard InChI is InChI=1S/C11H10F5N2.ClH/c1-17-7-5-3-4-6-8(7)18(2)9(17)10(12,13)11(14,15)16;/h3-6H,1-2H3;1H/q+1;/p-1. The number of fused-ring (bicyclic) bond motifs is 1. The average Bonchev–Trinajstić information content (AvgIpc) is 2.51. The third-order valence-corrected chi connectivity index (χ3v) is 2.88. The summed E-state index contributed by atoms with van der Waals surface area (Å²) in [7, 11) is 2.38. The molecule has 106 valence electrons. The molecular weight excluding hydrogens is 291 g/mol. The lowest BCUT2D eigenvalue weighted by Gasteiger charge is -2.16. The first kappa shape index (κ1) is 15.7. The van der Waals surface area contributed by atoms with Crippen molar-refractivity contribution in [1.82, 2.24) is 4.57 Å². The van der Waals surface area contributed by atoms with Crippen molar-refractivity contribution in [1.29, 1.82) is 0 Å². The Bertz CT molecular complexity index is 564. The second-order valence-electron chi connectivity index (χ2n) is 4.00. The molecule has 0 aliphatic carbocycles. The smallest absolute Gasteiger partial charge is 0.466 e. The van der Waals surface area contributed by atoms with Crippen LogP contribution in [0.15, 0.2) is 24.3 Å². The van der Waals surface area contributed by atoms with Crippen LogP contribution in [0.1, 0.15) is 5.82 Å². The minimum atomic E-state index is -5.62. The highest BCUT2D eigenvalue weighted by atomic mass is 35.5. The van der Waals surface area contributed by atoms with Crippen LogP contribution in [0.25, 0.3) is 11.0 Å². The molecule has 1 aromatic heterocycles. The lowest BCUT2D eigenvalue weighted by molar-refractivity contribution is -0.667. The molecule has 2 aromatic rings. The highest BCUT2D eigenvalue weighted by Crippen LogP contribution is 2.43. The number of hydrogen-bond acceptors (Lipinski definition) is 0. The second kappa shape index (κ2) is 4.63. The molecule has 0 spiro atoms. The summed E-state index contributed by atoms with van der Waals surface area (Å²) in [6.45, 7) is 0. The lowest BCUT2D eigenvalue weighted by Crippen LogP contribution is -3.00. The normalized spacial score (nSPS) is 12.6. The molecule has 1 aromatic carbocycles. The largest absolute Gasteiger partial charge is 1.00 e. The van der Waals surface area contributed by atoms with E-state index in [0.717, 1.165) is 9.13 Å². The van der Waals surface area contributed by atoms with E-state index in [-0.39, 0.29) is 12.4 Å². The van der Waals surface area contributed by atoms with Gasteiger partial charge in [0.05, 0.1) is 14.1 Å². The fourth-order valence-electron chi connectivity index (χ4n) is 2.03. The van der Waals surface area contributed by atoms with Crippen molar-refractivity contribution in [2.45, 2.75) is 12.1 Å². The van der Waals surface area contributed by atoms with Crippen LogP contribution in [0.2, 0.25) is 0 Å².